The van der Waals surface area contributed by atoms with Gasteiger partial charge < -0.3 is 4.90 Å². The Bertz CT molecular complexity index is 372. The lowest BCUT2D eigenvalue weighted by molar-refractivity contribution is -0.131. The van der Waals surface area contributed by atoms with E-state index in [4.69, 9.17) is 5.14 Å². The average Bonchev–Trinajstić information content (AvgIpc) is 2.24. The summed E-state index contributed by atoms with van der Waals surface area (Å²) in [6, 6.07) is 0. The molecule has 1 amide bonds. The number of carbonyl (C=O) groups is 1. The minimum absolute atomic E-state index is 0.0466. The van der Waals surface area contributed by atoms with Crippen molar-refractivity contribution in [2.24, 2.45) is 11.1 Å². The van der Waals surface area contributed by atoms with E-state index in [1.54, 1.807) is 11.8 Å². The minimum Gasteiger partial charge on any atom is -0.341 e. The Balaban J connectivity index is 2.47. The van der Waals surface area contributed by atoms with Crippen molar-refractivity contribution in [2.75, 3.05) is 19.6 Å². The number of nitrogens with zero attached hydrogens (tertiary/aromatic N) is 1. The van der Waals surface area contributed by atoms with Crippen LogP contribution in [0.25, 0.3) is 0 Å². The predicted octanol–water partition coefficient (Wildman–Crippen LogP) is -0.198. The molecule has 0 saturated carbocycles. The molecule has 1 saturated heterocycles. The lowest BCUT2D eigenvalue weighted by atomic mass is 9.98. The maximum Gasteiger partial charge on any atom is 0.274 e. The monoisotopic (exact) mass is 327 g/mol. The number of halogens is 1. The van der Waals surface area contributed by atoms with Gasteiger partial charge in [-0.2, -0.15) is 8.42 Å². The van der Waals surface area contributed by atoms with Gasteiger partial charge in [0.15, 0.2) is 0 Å². The number of rotatable bonds is 4. The van der Waals surface area contributed by atoms with E-state index >= 15 is 0 Å². The van der Waals surface area contributed by atoms with E-state index in [-0.39, 0.29) is 16.7 Å². The van der Waals surface area contributed by atoms with Gasteiger partial charge in [-0.15, -0.1) is 0 Å². The van der Waals surface area contributed by atoms with Gasteiger partial charge in [-0.25, -0.2) is 9.86 Å². The maximum absolute atomic E-state index is 11.8. The molecule has 2 unspecified atom stereocenters. The molecule has 0 aliphatic carbocycles. The highest BCUT2D eigenvalue weighted by atomic mass is 79.9. The normalized spacial score (nSPS) is 23.5. The van der Waals surface area contributed by atoms with Crippen LogP contribution < -0.4 is 9.86 Å². The molecule has 3 N–H and O–H groups in total. The molecular formula is C9H18BrN3O3S. The van der Waals surface area contributed by atoms with Crippen molar-refractivity contribution in [2.45, 2.75) is 24.6 Å². The van der Waals surface area contributed by atoms with E-state index in [1.807, 2.05) is 0 Å². The Hall–Kier alpha value is -0.180. The smallest absolute Gasteiger partial charge is 0.274 e. The summed E-state index contributed by atoms with van der Waals surface area (Å²) in [6.45, 7) is 3.39. The van der Waals surface area contributed by atoms with Crippen LogP contribution in [-0.2, 0) is 15.0 Å². The number of hydrogen-bond donors (Lipinski definition) is 2. The number of hydrogen-bond acceptors (Lipinski definition) is 3. The summed E-state index contributed by atoms with van der Waals surface area (Å²) in [4.78, 5) is 13.3. The second-order valence-corrected chi connectivity index (χ2v) is 7.05. The summed E-state index contributed by atoms with van der Waals surface area (Å²) in [5, 5.41) is 4.87. The molecule has 0 radical (unpaired) electrons. The Kier molecular flexibility index (Phi) is 5.36. The standard InChI is InChI=1S/C9H18BrN3O3S/c1-7(10)9(14)13-4-2-3-8(6-13)5-12-17(11,15)16/h7-8,12H,2-6H2,1H3,(H2,11,15,16). The molecule has 100 valence electrons. The topological polar surface area (TPSA) is 92.5 Å². The summed E-state index contributed by atoms with van der Waals surface area (Å²) in [5.41, 5.74) is 0. The first kappa shape index (κ1) is 14.9. The number of piperidine rings is 1. The van der Waals surface area contributed by atoms with Crippen LogP contribution >= 0.6 is 15.9 Å². The number of alkyl halides is 1. The third-order valence-corrected chi connectivity index (χ3v) is 3.70. The Labute approximate surface area is 110 Å². The van der Waals surface area contributed by atoms with E-state index in [2.05, 4.69) is 20.7 Å². The van der Waals surface area contributed by atoms with Crippen molar-refractivity contribution in [3.8, 4) is 0 Å². The summed E-state index contributed by atoms with van der Waals surface area (Å²) < 4.78 is 23.8. The van der Waals surface area contributed by atoms with Crippen molar-refractivity contribution >= 4 is 32.0 Å². The first-order valence-electron chi connectivity index (χ1n) is 5.50. The van der Waals surface area contributed by atoms with E-state index in [0.717, 1.165) is 19.4 Å². The molecule has 1 aliphatic rings. The van der Waals surface area contributed by atoms with E-state index in [1.165, 1.54) is 0 Å². The van der Waals surface area contributed by atoms with Gasteiger partial charge in [-0.05, 0) is 25.7 Å². The molecule has 1 rings (SSSR count). The number of likely N-dealkylation sites (tertiary alicyclic amines) is 1. The highest BCUT2D eigenvalue weighted by Gasteiger charge is 2.26. The van der Waals surface area contributed by atoms with Crippen LogP contribution in [0, 0.1) is 5.92 Å². The second kappa shape index (κ2) is 6.12. The lowest BCUT2D eigenvalue weighted by Gasteiger charge is -2.33. The largest absolute Gasteiger partial charge is 0.341 e. The number of carbonyl (C=O) groups excluding carboxylic acids is 1. The van der Waals surface area contributed by atoms with Gasteiger partial charge in [-0.1, -0.05) is 15.9 Å². The molecule has 2 atom stereocenters. The number of nitrogens with two attached hydrogens (primary N) is 1. The third kappa shape index (κ3) is 5.33. The zero-order valence-electron chi connectivity index (χ0n) is 9.73. The molecule has 0 bridgehead atoms. The van der Waals surface area contributed by atoms with E-state index in [9.17, 15) is 13.2 Å². The molecule has 1 fully saturated rings. The van der Waals surface area contributed by atoms with E-state index in [0.29, 0.717) is 13.1 Å². The van der Waals surface area contributed by atoms with Crippen LogP contribution in [-0.4, -0.2) is 43.7 Å². The van der Waals surface area contributed by atoms with Gasteiger partial charge in [0.2, 0.25) is 5.91 Å². The molecule has 0 aromatic heterocycles. The summed E-state index contributed by atoms with van der Waals surface area (Å²) >= 11 is 3.24. The fraction of sp³-hybridized carbons (Fsp3) is 0.889. The average molecular weight is 328 g/mol. The van der Waals surface area contributed by atoms with Crippen LogP contribution in [0.2, 0.25) is 0 Å². The quantitative estimate of drug-likeness (QED) is 0.700. The third-order valence-electron chi connectivity index (χ3n) is 2.74. The molecule has 0 aromatic carbocycles. The van der Waals surface area contributed by atoms with Gasteiger partial charge in [0.25, 0.3) is 10.2 Å². The van der Waals surface area contributed by atoms with Crippen molar-refractivity contribution in [1.82, 2.24) is 9.62 Å². The van der Waals surface area contributed by atoms with Crippen molar-refractivity contribution in [1.29, 1.82) is 0 Å². The van der Waals surface area contributed by atoms with Crippen LogP contribution in [0.4, 0.5) is 0 Å². The highest BCUT2D eigenvalue weighted by Crippen LogP contribution is 2.18. The Morgan fingerprint density at radius 2 is 2.29 bits per heavy atom. The Morgan fingerprint density at radius 1 is 1.65 bits per heavy atom. The summed E-state index contributed by atoms with van der Waals surface area (Å²) in [6.07, 6.45) is 1.80. The van der Waals surface area contributed by atoms with E-state index < -0.39 is 10.2 Å². The molecule has 0 spiro atoms. The Morgan fingerprint density at radius 3 is 2.82 bits per heavy atom. The molecule has 8 heteroatoms. The minimum atomic E-state index is -3.64. The van der Waals surface area contributed by atoms with Crippen LogP contribution in [0.5, 0.6) is 0 Å². The van der Waals surface area contributed by atoms with Crippen molar-refractivity contribution in [3.63, 3.8) is 0 Å². The second-order valence-electron chi connectivity index (χ2n) is 4.30. The van der Waals surface area contributed by atoms with Crippen LogP contribution in [0.15, 0.2) is 0 Å². The van der Waals surface area contributed by atoms with Gasteiger partial charge in [-0.3, -0.25) is 4.79 Å². The lowest BCUT2D eigenvalue weighted by Crippen LogP contribution is -2.46. The highest BCUT2D eigenvalue weighted by molar-refractivity contribution is 9.10. The van der Waals surface area contributed by atoms with Gasteiger partial charge in [0.1, 0.15) is 0 Å². The van der Waals surface area contributed by atoms with Crippen LogP contribution in [0.3, 0.4) is 0 Å². The summed E-state index contributed by atoms with van der Waals surface area (Å²) in [7, 11) is -3.64. The maximum atomic E-state index is 11.8. The predicted molar refractivity (Wildman–Crippen MR) is 68.8 cm³/mol. The first-order valence-corrected chi connectivity index (χ1v) is 7.96. The zero-order chi connectivity index (χ0) is 13.1. The van der Waals surface area contributed by atoms with Crippen molar-refractivity contribution in [3.05, 3.63) is 0 Å². The number of nitrogens with one attached hydrogen (secondary N) is 1. The van der Waals surface area contributed by atoms with Crippen LogP contribution in [0.1, 0.15) is 19.8 Å². The molecule has 1 heterocycles. The van der Waals surface area contributed by atoms with Crippen molar-refractivity contribution < 1.29 is 13.2 Å². The fourth-order valence-corrected chi connectivity index (χ4v) is 2.68. The molecule has 1 aliphatic heterocycles. The number of amides is 1. The first-order chi connectivity index (χ1) is 7.79. The zero-order valence-corrected chi connectivity index (χ0v) is 12.1. The van der Waals surface area contributed by atoms with Gasteiger partial charge in [0, 0.05) is 19.6 Å². The summed E-state index contributed by atoms with van der Waals surface area (Å²) in [5.74, 6) is 0.183. The molecular weight excluding hydrogens is 310 g/mol. The molecule has 17 heavy (non-hydrogen) atoms. The molecule has 6 nitrogen and oxygen atoms in total. The van der Waals surface area contributed by atoms with Gasteiger partial charge >= 0.3 is 0 Å². The SMILES string of the molecule is CC(Br)C(=O)N1CCCC(CNS(N)(=O)=O)C1. The fourth-order valence-electron chi connectivity index (χ4n) is 1.92. The molecule has 0 aromatic rings. The van der Waals surface area contributed by atoms with Gasteiger partial charge in [0.05, 0.1) is 4.83 Å².